The molecule has 0 unspecified atom stereocenters. The molecule has 0 atom stereocenters. The second kappa shape index (κ2) is 19.7. The molecule has 0 aliphatic rings. The molecular weight excluding hydrogens is 997 g/mol. The van der Waals surface area contributed by atoms with Crippen LogP contribution < -0.4 is 32.7 Å². The van der Waals surface area contributed by atoms with Crippen molar-refractivity contribution in [1.29, 1.82) is 0 Å². The molecule has 0 saturated heterocycles. The van der Waals surface area contributed by atoms with E-state index in [0.717, 1.165) is 81.2 Å². The lowest BCUT2D eigenvalue weighted by Crippen LogP contribution is -2.12. The number of fused-ring (bicyclic) bond motifs is 2. The van der Waals surface area contributed by atoms with Crippen LogP contribution in [0.25, 0.3) is 43.8 Å². The molecule has 0 aliphatic carbocycles. The molecule has 12 rings (SSSR count). The average Bonchev–Trinajstić information content (AvgIpc) is 4.28. The van der Waals surface area contributed by atoms with Gasteiger partial charge in [0.15, 0.2) is 21.9 Å². The van der Waals surface area contributed by atoms with Crippen LogP contribution in [0.2, 0.25) is 0 Å². The van der Waals surface area contributed by atoms with E-state index in [9.17, 15) is 9.59 Å². The number of hydrogen-bond acceptors (Lipinski definition) is 16. The fourth-order valence-corrected chi connectivity index (χ4v) is 11.6. The lowest BCUT2D eigenvalue weighted by Gasteiger charge is -2.01. The Kier molecular flexibility index (Phi) is 12.5. The number of nitrogens with one attached hydrogen (secondary N) is 4. The summed E-state index contributed by atoms with van der Waals surface area (Å²) in [5.41, 5.74) is 21.3. The summed E-state index contributed by atoms with van der Waals surface area (Å²) < 4.78 is 7.42. The van der Waals surface area contributed by atoms with Crippen molar-refractivity contribution in [3.05, 3.63) is 179 Å². The van der Waals surface area contributed by atoms with Crippen LogP contribution >= 0.6 is 45.3 Å². The molecule has 10 aromatic heterocycles. The number of para-hydroxylation sites is 2. The number of carbonyl (C=O) groups is 2. The van der Waals surface area contributed by atoms with Gasteiger partial charge in [-0.3, -0.25) is 18.4 Å². The highest BCUT2D eigenvalue weighted by Gasteiger charge is 2.21. The summed E-state index contributed by atoms with van der Waals surface area (Å²) in [7, 11) is 0. The summed E-state index contributed by atoms with van der Waals surface area (Å²) >= 11 is 5.75. The average molecular weight is 1040 g/mol. The topological polar surface area (TPSA) is 230 Å². The first kappa shape index (κ1) is 46.4. The molecule has 0 spiro atoms. The fraction of sp³-hybridized carbons (Fsp3) is 0.0588. The molecule has 12 aromatic rings. The molecule has 0 radical (unpaired) electrons. The zero-order valence-electron chi connectivity index (χ0n) is 39.0. The van der Waals surface area contributed by atoms with Crippen molar-refractivity contribution in [3.8, 4) is 32.5 Å². The maximum absolute atomic E-state index is 12.9. The van der Waals surface area contributed by atoms with E-state index >= 15 is 0 Å². The smallest absolute Gasteiger partial charge is 0.267 e. The van der Waals surface area contributed by atoms with Crippen LogP contribution in [0.4, 0.5) is 43.3 Å². The Bertz CT molecular complexity index is 3950. The number of hydrogen-bond donors (Lipinski definition) is 6. The number of thiazole rings is 2. The minimum atomic E-state index is -0.278. The maximum atomic E-state index is 12.9. The third-order valence-electron chi connectivity index (χ3n) is 11.3. The summed E-state index contributed by atoms with van der Waals surface area (Å²) in [6.07, 6.45) is 9.20. The van der Waals surface area contributed by atoms with Gasteiger partial charge < -0.3 is 32.7 Å². The first-order chi connectivity index (χ1) is 35.5. The summed E-state index contributed by atoms with van der Waals surface area (Å²) in [4.78, 5) is 47.4. The van der Waals surface area contributed by atoms with Gasteiger partial charge in [0.05, 0.1) is 93.1 Å². The quantitative estimate of drug-likeness (QED) is 0.0671. The molecular formula is C51H42N16O2S4. The number of carbonyl (C=O) groups excluding carboxylic acids is 2. The molecule has 362 valence electrons. The Morgan fingerprint density at radius 1 is 0.521 bits per heavy atom. The first-order valence-electron chi connectivity index (χ1n) is 22.5. The minimum Gasteiger partial charge on any atom is -0.394 e. The van der Waals surface area contributed by atoms with Crippen LogP contribution in [0.3, 0.4) is 0 Å². The van der Waals surface area contributed by atoms with Gasteiger partial charge in [-0.05, 0) is 93.6 Å². The molecule has 2 aromatic carbocycles. The van der Waals surface area contributed by atoms with Crippen LogP contribution in [0.15, 0.2) is 152 Å². The number of benzene rings is 2. The van der Waals surface area contributed by atoms with Gasteiger partial charge in [-0.25, -0.2) is 29.3 Å². The predicted molar refractivity (Wildman–Crippen MR) is 294 cm³/mol. The zero-order chi connectivity index (χ0) is 50.2. The van der Waals surface area contributed by atoms with Crippen LogP contribution in [0.5, 0.6) is 0 Å². The number of aromatic nitrogens is 10. The van der Waals surface area contributed by atoms with E-state index in [0.29, 0.717) is 32.8 Å². The van der Waals surface area contributed by atoms with Crippen molar-refractivity contribution < 1.29 is 9.59 Å². The van der Waals surface area contributed by atoms with Gasteiger partial charge in [-0.15, -0.1) is 32.9 Å². The highest BCUT2D eigenvalue weighted by atomic mass is 32.1. The Hall–Kier alpha value is -8.96. The number of nitrogens with zero attached hydrogens (tertiary/aromatic N) is 10. The molecule has 8 N–H and O–H groups in total. The van der Waals surface area contributed by atoms with E-state index in [2.05, 4.69) is 55.2 Å². The highest BCUT2D eigenvalue weighted by molar-refractivity contribution is 7.21. The lowest BCUT2D eigenvalue weighted by molar-refractivity contribution is 0.102. The van der Waals surface area contributed by atoms with E-state index < -0.39 is 0 Å². The summed E-state index contributed by atoms with van der Waals surface area (Å²) in [5.74, 6) is 0.0831. The Morgan fingerprint density at radius 2 is 1.01 bits per heavy atom. The van der Waals surface area contributed by atoms with Gasteiger partial charge in [0.25, 0.3) is 11.8 Å². The standard InChI is InChI=1S/C26H22N8OS2.C25H20N8OS2/c1-15-22(33-13-7-6-10-20(33)28-15)23-16(2)29-26(37-23)30-21-12-11-19(36-21)25(35)31-24-18(27)14-34(32-24)17-8-4-3-5-9-17;1-15-22(32-12-6-5-9-20(32)28-15)19-13-27-25(36-19)29-21-11-10-18(35-21)24(34)30-23-17(26)14-33(31-23)16-7-3-2-4-8-16/h3-14H,27H2,1-2H3,(H,29,30)(H,31,32,35);2-14H,26H2,1H3,(H,27,29)(H,30,31,34). The summed E-state index contributed by atoms with van der Waals surface area (Å²) in [5, 5.41) is 24.2. The van der Waals surface area contributed by atoms with Gasteiger partial charge in [-0.1, -0.05) is 71.2 Å². The molecule has 73 heavy (non-hydrogen) atoms. The van der Waals surface area contributed by atoms with Crippen LogP contribution in [-0.2, 0) is 0 Å². The van der Waals surface area contributed by atoms with E-state index in [-0.39, 0.29) is 11.8 Å². The fourth-order valence-electron chi connectivity index (χ4n) is 7.91. The Labute approximate surface area is 432 Å². The SMILES string of the molecule is Cc1nc(Nc2ccc(C(=O)Nc3nn(-c4ccccc4)cc3N)s2)sc1-c1c(C)nc2ccccn12.Cc1nc2ccccn2c1-c1cnc(Nc2ccc(C(=O)Nc3nn(-c4ccccc4)cc3N)s2)s1. The molecule has 10 heterocycles. The summed E-state index contributed by atoms with van der Waals surface area (Å²) in [6, 6.07) is 38.3. The van der Waals surface area contributed by atoms with Crippen molar-refractivity contribution in [2.45, 2.75) is 20.8 Å². The van der Waals surface area contributed by atoms with Gasteiger partial charge >= 0.3 is 0 Å². The molecule has 18 nitrogen and oxygen atoms in total. The number of nitrogen functional groups attached to an aromatic ring is 2. The van der Waals surface area contributed by atoms with E-state index in [1.165, 1.54) is 34.0 Å². The van der Waals surface area contributed by atoms with Crippen LogP contribution in [-0.4, -0.2) is 60.1 Å². The molecule has 2 amide bonds. The second-order valence-corrected chi connectivity index (χ2v) is 20.5. The monoisotopic (exact) mass is 1040 g/mol. The minimum absolute atomic E-state index is 0.277. The number of rotatable bonds is 12. The van der Waals surface area contributed by atoms with Crippen molar-refractivity contribution in [1.82, 2.24) is 48.3 Å². The Morgan fingerprint density at radius 3 is 1.56 bits per heavy atom. The molecule has 0 fully saturated rings. The molecule has 0 bridgehead atoms. The first-order valence-corrected chi connectivity index (χ1v) is 25.8. The molecule has 22 heteroatoms. The van der Waals surface area contributed by atoms with Crippen LogP contribution in [0, 0.1) is 20.8 Å². The van der Waals surface area contributed by atoms with E-state index in [1.807, 2.05) is 149 Å². The van der Waals surface area contributed by atoms with Crippen molar-refractivity contribution in [2.75, 3.05) is 32.7 Å². The number of anilines is 8. The summed E-state index contributed by atoms with van der Waals surface area (Å²) in [6.45, 7) is 5.99. The lowest BCUT2D eigenvalue weighted by atomic mass is 10.2. The third kappa shape index (κ3) is 9.65. The van der Waals surface area contributed by atoms with Crippen molar-refractivity contribution in [2.24, 2.45) is 0 Å². The van der Waals surface area contributed by atoms with Crippen molar-refractivity contribution in [3.63, 3.8) is 0 Å². The number of nitrogens with two attached hydrogens (primary N) is 2. The second-order valence-electron chi connectivity index (χ2n) is 16.3. The number of amides is 2. The number of pyridine rings is 2. The van der Waals surface area contributed by atoms with E-state index in [1.54, 1.807) is 45.2 Å². The third-order valence-corrected chi connectivity index (χ3v) is 15.3. The number of thiophene rings is 2. The van der Waals surface area contributed by atoms with Crippen LogP contribution in [0.1, 0.15) is 36.4 Å². The number of imidazole rings is 2. The Balaban J connectivity index is 0.000000157. The number of aryl methyl sites for hydroxylation is 3. The predicted octanol–water partition coefficient (Wildman–Crippen LogP) is 11.5. The van der Waals surface area contributed by atoms with Gasteiger partial charge in [0, 0.05) is 18.6 Å². The molecule has 0 saturated carbocycles. The highest BCUT2D eigenvalue weighted by Crippen LogP contribution is 2.38. The largest absolute Gasteiger partial charge is 0.394 e. The van der Waals surface area contributed by atoms with Gasteiger partial charge in [0.2, 0.25) is 0 Å². The zero-order valence-corrected chi connectivity index (χ0v) is 42.3. The van der Waals surface area contributed by atoms with Gasteiger partial charge in [0.1, 0.15) is 11.3 Å². The maximum Gasteiger partial charge on any atom is 0.267 e. The van der Waals surface area contributed by atoms with E-state index in [4.69, 9.17) is 16.5 Å². The molecule has 0 aliphatic heterocycles. The van der Waals surface area contributed by atoms with Gasteiger partial charge in [-0.2, -0.15) is 0 Å². The van der Waals surface area contributed by atoms with Crippen molar-refractivity contribution >= 4 is 112 Å². The normalized spacial score (nSPS) is 11.2.